The van der Waals surface area contributed by atoms with E-state index in [1.54, 1.807) is 6.33 Å². The Bertz CT molecular complexity index is 607. The largest absolute Gasteiger partial charge is 0.355 e. The van der Waals surface area contributed by atoms with Crippen molar-refractivity contribution < 1.29 is 0 Å². The van der Waals surface area contributed by atoms with Gasteiger partial charge in [0.2, 0.25) is 0 Å². The fourth-order valence-corrected chi connectivity index (χ4v) is 3.02. The summed E-state index contributed by atoms with van der Waals surface area (Å²) in [5, 5.41) is 4.34. The van der Waals surface area contributed by atoms with Crippen LogP contribution in [0.3, 0.4) is 0 Å². The lowest BCUT2D eigenvalue weighted by molar-refractivity contribution is 0.272. The van der Waals surface area contributed by atoms with Gasteiger partial charge in [-0.2, -0.15) is 14.6 Å². The number of nitrogens with zero attached hydrogens (tertiary/aromatic N) is 6. The highest BCUT2D eigenvalue weighted by molar-refractivity contribution is 5.48. The van der Waals surface area contributed by atoms with Gasteiger partial charge in [-0.1, -0.05) is 20.3 Å². The molecule has 0 spiro atoms. The van der Waals surface area contributed by atoms with Crippen molar-refractivity contribution in [3.05, 3.63) is 18.1 Å². The molecular weight excluding hydrogens is 264 g/mol. The number of aryl methyl sites for hydroxylation is 1. The average molecular weight is 288 g/mol. The van der Waals surface area contributed by atoms with Crippen molar-refractivity contribution in [2.75, 3.05) is 31.6 Å². The van der Waals surface area contributed by atoms with Gasteiger partial charge in [-0.3, -0.25) is 0 Å². The van der Waals surface area contributed by atoms with Crippen molar-refractivity contribution in [3.63, 3.8) is 0 Å². The third kappa shape index (κ3) is 2.72. The number of aromatic nitrogens is 4. The molecule has 2 aromatic rings. The number of hydrogen-bond donors (Lipinski definition) is 0. The molecule has 1 aliphatic heterocycles. The number of fused-ring (bicyclic) bond motifs is 1. The fourth-order valence-electron chi connectivity index (χ4n) is 3.02. The number of anilines is 1. The van der Waals surface area contributed by atoms with Crippen LogP contribution in [0.25, 0.3) is 5.78 Å². The molecule has 0 amide bonds. The summed E-state index contributed by atoms with van der Waals surface area (Å²) < 4.78 is 1.87. The van der Waals surface area contributed by atoms with E-state index in [4.69, 9.17) is 0 Å². The van der Waals surface area contributed by atoms with Crippen LogP contribution in [0.4, 0.5) is 5.82 Å². The summed E-state index contributed by atoms with van der Waals surface area (Å²) in [5.74, 6) is 1.84. The molecule has 1 atom stereocenters. The molecule has 3 heterocycles. The van der Waals surface area contributed by atoms with Crippen molar-refractivity contribution in [2.45, 2.75) is 39.2 Å². The van der Waals surface area contributed by atoms with E-state index < -0.39 is 0 Å². The molecule has 0 N–H and O–H groups in total. The number of hydrogen-bond acceptors (Lipinski definition) is 5. The molecule has 0 aromatic carbocycles. The molecule has 1 unspecified atom stereocenters. The van der Waals surface area contributed by atoms with Crippen LogP contribution < -0.4 is 4.90 Å². The molecule has 1 fully saturated rings. The maximum Gasteiger partial charge on any atom is 0.254 e. The predicted octanol–water partition coefficient (Wildman–Crippen LogP) is 1.61. The smallest absolute Gasteiger partial charge is 0.254 e. The minimum Gasteiger partial charge on any atom is -0.355 e. The third-order valence-electron chi connectivity index (χ3n) is 4.40. The summed E-state index contributed by atoms with van der Waals surface area (Å²) >= 11 is 0. The van der Waals surface area contributed by atoms with Gasteiger partial charge in [0, 0.05) is 30.9 Å². The van der Waals surface area contributed by atoms with E-state index in [0.717, 1.165) is 44.0 Å². The molecule has 1 aliphatic rings. The first-order valence-electron chi connectivity index (χ1n) is 7.87. The summed E-state index contributed by atoms with van der Waals surface area (Å²) in [7, 11) is 2.20. The van der Waals surface area contributed by atoms with E-state index in [2.05, 4.69) is 51.8 Å². The minimum absolute atomic E-state index is 0.622. The molecule has 0 radical (unpaired) electrons. The van der Waals surface area contributed by atoms with Gasteiger partial charge in [-0.25, -0.2) is 4.98 Å². The summed E-state index contributed by atoms with van der Waals surface area (Å²) in [6, 6.07) is 2.80. The highest BCUT2D eigenvalue weighted by Crippen LogP contribution is 2.23. The van der Waals surface area contributed by atoms with Crippen LogP contribution in [0.2, 0.25) is 0 Å². The van der Waals surface area contributed by atoms with Crippen LogP contribution in [0.15, 0.2) is 12.4 Å². The van der Waals surface area contributed by atoms with Gasteiger partial charge in [0.05, 0.1) is 0 Å². The van der Waals surface area contributed by atoms with Crippen molar-refractivity contribution in [3.8, 4) is 0 Å². The van der Waals surface area contributed by atoms with Crippen molar-refractivity contribution in [2.24, 2.45) is 0 Å². The summed E-state index contributed by atoms with van der Waals surface area (Å²) in [4.78, 5) is 13.7. The van der Waals surface area contributed by atoms with Gasteiger partial charge in [0.1, 0.15) is 12.1 Å². The first-order chi connectivity index (χ1) is 10.2. The molecule has 6 nitrogen and oxygen atoms in total. The first-order valence-corrected chi connectivity index (χ1v) is 7.87. The molecule has 1 saturated heterocycles. The molecule has 114 valence electrons. The Morgan fingerprint density at radius 3 is 3.00 bits per heavy atom. The van der Waals surface area contributed by atoms with Gasteiger partial charge >= 0.3 is 0 Å². The molecule has 6 heteroatoms. The van der Waals surface area contributed by atoms with Crippen molar-refractivity contribution >= 4 is 11.6 Å². The second-order valence-corrected chi connectivity index (χ2v) is 5.79. The average Bonchev–Trinajstić information content (AvgIpc) is 3.14. The van der Waals surface area contributed by atoms with Gasteiger partial charge in [0.15, 0.2) is 0 Å². The lowest BCUT2D eigenvalue weighted by atomic mass is 10.2. The zero-order chi connectivity index (χ0) is 14.8. The van der Waals surface area contributed by atoms with Crippen LogP contribution in [0.5, 0.6) is 0 Å². The quantitative estimate of drug-likeness (QED) is 0.836. The first kappa shape index (κ1) is 14.3. The van der Waals surface area contributed by atoms with Gasteiger partial charge in [-0.05, 0) is 26.4 Å². The van der Waals surface area contributed by atoms with E-state index in [0.29, 0.717) is 11.8 Å². The second-order valence-electron chi connectivity index (χ2n) is 5.79. The Morgan fingerprint density at radius 1 is 1.38 bits per heavy atom. The Hall–Kier alpha value is -1.69. The lowest BCUT2D eigenvalue weighted by Crippen LogP contribution is -2.34. The zero-order valence-electron chi connectivity index (χ0n) is 13.2. The summed E-state index contributed by atoms with van der Waals surface area (Å²) in [5.41, 5.74) is 1.11. The molecule has 3 rings (SSSR count). The van der Waals surface area contributed by atoms with E-state index in [-0.39, 0.29) is 0 Å². The van der Waals surface area contributed by atoms with Crippen molar-refractivity contribution in [1.29, 1.82) is 0 Å². The Labute approximate surface area is 125 Å². The summed E-state index contributed by atoms with van der Waals surface area (Å²) in [6.07, 6.45) is 4.87. The maximum absolute atomic E-state index is 4.58. The normalized spacial score (nSPS) is 19.0. The molecule has 2 aromatic heterocycles. The third-order valence-corrected chi connectivity index (χ3v) is 4.40. The monoisotopic (exact) mass is 288 g/mol. The zero-order valence-corrected chi connectivity index (χ0v) is 13.2. The maximum atomic E-state index is 4.58. The fraction of sp³-hybridized carbons (Fsp3) is 0.667. The van der Waals surface area contributed by atoms with Crippen LogP contribution in [0.1, 0.15) is 32.4 Å². The van der Waals surface area contributed by atoms with E-state index in [9.17, 15) is 0 Å². The Balaban J connectivity index is 1.91. The molecule has 0 bridgehead atoms. The number of rotatable bonds is 5. The lowest BCUT2D eigenvalue weighted by Gasteiger charge is -2.24. The Morgan fingerprint density at radius 2 is 2.24 bits per heavy atom. The summed E-state index contributed by atoms with van der Waals surface area (Å²) in [6.45, 7) is 7.60. The Kier molecular flexibility index (Phi) is 4.05. The van der Waals surface area contributed by atoms with Gasteiger partial charge in [-0.15, -0.1) is 0 Å². The van der Waals surface area contributed by atoms with Gasteiger partial charge < -0.3 is 9.80 Å². The SMILES string of the molecule is CCCc1cc(N2CCC(N(C)CC)C2)n2ncnc2n1. The van der Waals surface area contributed by atoms with Crippen LogP contribution in [0, 0.1) is 0 Å². The second kappa shape index (κ2) is 5.97. The number of likely N-dealkylation sites (N-methyl/N-ethyl adjacent to an activating group) is 1. The highest BCUT2D eigenvalue weighted by Gasteiger charge is 2.27. The standard InChI is InChI=1S/C15H24N6/c1-4-6-12-9-14(21-15(18-12)16-11-17-21)20-8-7-13(10-20)19(3)5-2/h9,11,13H,4-8,10H2,1-3H3. The van der Waals surface area contributed by atoms with E-state index in [1.165, 1.54) is 6.42 Å². The molecule has 21 heavy (non-hydrogen) atoms. The topological polar surface area (TPSA) is 49.6 Å². The van der Waals surface area contributed by atoms with Crippen LogP contribution in [-0.2, 0) is 6.42 Å². The molecule has 0 saturated carbocycles. The molecule has 0 aliphatic carbocycles. The van der Waals surface area contributed by atoms with Crippen molar-refractivity contribution in [1.82, 2.24) is 24.5 Å². The minimum atomic E-state index is 0.622. The predicted molar refractivity (Wildman–Crippen MR) is 83.7 cm³/mol. The highest BCUT2D eigenvalue weighted by atomic mass is 15.4. The van der Waals surface area contributed by atoms with Gasteiger partial charge in [0.25, 0.3) is 5.78 Å². The van der Waals surface area contributed by atoms with Crippen LogP contribution >= 0.6 is 0 Å². The van der Waals surface area contributed by atoms with E-state index in [1.807, 2.05) is 4.52 Å². The van der Waals surface area contributed by atoms with Crippen LogP contribution in [-0.4, -0.2) is 57.2 Å². The van der Waals surface area contributed by atoms with E-state index >= 15 is 0 Å². The molecular formula is C15H24N6.